The molecule has 2 heterocycles. The summed E-state index contributed by atoms with van der Waals surface area (Å²) in [5, 5.41) is 10.9. The molecule has 0 bridgehead atoms. The molecule has 0 atom stereocenters. The zero-order chi connectivity index (χ0) is 11.9. The second-order valence-corrected chi connectivity index (χ2v) is 4.83. The van der Waals surface area contributed by atoms with Crippen molar-refractivity contribution in [3.05, 3.63) is 34.5 Å². The van der Waals surface area contributed by atoms with E-state index in [0.717, 1.165) is 38.2 Å². The molecule has 2 aromatic heterocycles. The first-order valence-corrected chi connectivity index (χ1v) is 6.88. The van der Waals surface area contributed by atoms with Crippen LogP contribution in [0.5, 0.6) is 0 Å². The molecule has 0 aliphatic heterocycles. The summed E-state index contributed by atoms with van der Waals surface area (Å²) in [6, 6.07) is 1.95. The molecule has 0 spiro atoms. The maximum atomic E-state index is 4.51. The minimum Gasteiger partial charge on any atom is -0.311 e. The van der Waals surface area contributed by atoms with Crippen molar-refractivity contribution in [1.82, 2.24) is 20.1 Å². The molecule has 0 saturated carbocycles. The van der Waals surface area contributed by atoms with Crippen LogP contribution in [0.1, 0.15) is 24.0 Å². The molecule has 5 heteroatoms. The van der Waals surface area contributed by atoms with Gasteiger partial charge in [-0.15, -0.1) is 11.3 Å². The third-order valence-electron chi connectivity index (χ3n) is 2.51. The van der Waals surface area contributed by atoms with Gasteiger partial charge in [-0.05, 0) is 25.5 Å². The minimum absolute atomic E-state index is 0.871. The molecule has 0 aliphatic carbocycles. The van der Waals surface area contributed by atoms with E-state index in [4.69, 9.17) is 0 Å². The Balaban J connectivity index is 1.60. The Morgan fingerprint density at radius 1 is 1.47 bits per heavy atom. The predicted molar refractivity (Wildman–Crippen MR) is 70.0 cm³/mol. The number of hydrogen-bond acceptors (Lipinski definition) is 4. The summed E-state index contributed by atoms with van der Waals surface area (Å²) < 4.78 is 1.96. The summed E-state index contributed by atoms with van der Waals surface area (Å²) >= 11 is 1.75. The Morgan fingerprint density at radius 3 is 3.12 bits per heavy atom. The molecule has 2 rings (SSSR count). The first kappa shape index (κ1) is 12.3. The van der Waals surface area contributed by atoms with E-state index in [9.17, 15) is 0 Å². The Morgan fingerprint density at radius 2 is 2.41 bits per heavy atom. The van der Waals surface area contributed by atoms with Crippen molar-refractivity contribution in [2.45, 2.75) is 32.9 Å². The van der Waals surface area contributed by atoms with E-state index in [2.05, 4.69) is 27.7 Å². The van der Waals surface area contributed by atoms with Gasteiger partial charge >= 0.3 is 0 Å². The molecule has 0 aliphatic rings. The SMILES string of the molecule is CCc1nc(CNCCCn2cccn2)cs1. The fraction of sp³-hybridized carbons (Fsp3) is 0.500. The van der Waals surface area contributed by atoms with Crippen molar-refractivity contribution in [3.8, 4) is 0 Å². The summed E-state index contributed by atoms with van der Waals surface area (Å²) in [5.74, 6) is 0. The molecule has 17 heavy (non-hydrogen) atoms. The number of aryl methyl sites for hydroxylation is 2. The fourth-order valence-electron chi connectivity index (χ4n) is 1.61. The first-order valence-electron chi connectivity index (χ1n) is 6.00. The average Bonchev–Trinajstić information content (AvgIpc) is 2.99. The van der Waals surface area contributed by atoms with Crippen LogP contribution in [0, 0.1) is 0 Å². The molecule has 4 nitrogen and oxygen atoms in total. The lowest BCUT2D eigenvalue weighted by Crippen LogP contribution is -2.16. The van der Waals surface area contributed by atoms with Crippen molar-refractivity contribution >= 4 is 11.3 Å². The smallest absolute Gasteiger partial charge is 0.0926 e. The molecule has 0 saturated heterocycles. The van der Waals surface area contributed by atoms with Gasteiger partial charge in [0.25, 0.3) is 0 Å². The van der Waals surface area contributed by atoms with Crippen LogP contribution in [0.25, 0.3) is 0 Å². The molecule has 0 aromatic carbocycles. The predicted octanol–water partition coefficient (Wildman–Crippen LogP) is 2.08. The minimum atomic E-state index is 0.871. The van der Waals surface area contributed by atoms with Crippen LogP contribution in [-0.4, -0.2) is 21.3 Å². The van der Waals surface area contributed by atoms with Crippen LogP contribution < -0.4 is 5.32 Å². The topological polar surface area (TPSA) is 42.7 Å². The lowest BCUT2D eigenvalue weighted by molar-refractivity contribution is 0.541. The van der Waals surface area contributed by atoms with E-state index in [1.54, 1.807) is 11.3 Å². The zero-order valence-electron chi connectivity index (χ0n) is 10.1. The molecular weight excluding hydrogens is 232 g/mol. The van der Waals surface area contributed by atoms with Gasteiger partial charge in [0.2, 0.25) is 0 Å². The summed E-state index contributed by atoms with van der Waals surface area (Å²) in [7, 11) is 0. The first-order chi connectivity index (χ1) is 8.38. The Kier molecular flexibility index (Phi) is 4.70. The quantitative estimate of drug-likeness (QED) is 0.765. The van der Waals surface area contributed by atoms with Crippen LogP contribution in [0.2, 0.25) is 0 Å². The molecule has 0 radical (unpaired) electrons. The van der Waals surface area contributed by atoms with Crippen LogP contribution in [0.15, 0.2) is 23.8 Å². The van der Waals surface area contributed by atoms with E-state index < -0.39 is 0 Å². The summed E-state index contributed by atoms with van der Waals surface area (Å²) in [6.45, 7) is 4.98. The van der Waals surface area contributed by atoms with Gasteiger partial charge in [0.15, 0.2) is 0 Å². The standard InChI is InChI=1S/C12H18N4S/c1-2-12-15-11(10-17-12)9-13-5-3-7-16-8-4-6-14-16/h4,6,8,10,13H,2-3,5,7,9H2,1H3. The number of nitrogens with one attached hydrogen (secondary N) is 1. The number of thiazole rings is 1. The third kappa shape index (κ3) is 3.94. The largest absolute Gasteiger partial charge is 0.311 e. The van der Waals surface area contributed by atoms with Gasteiger partial charge in [-0.2, -0.15) is 5.10 Å². The van der Waals surface area contributed by atoms with Gasteiger partial charge in [0.05, 0.1) is 10.7 Å². The van der Waals surface area contributed by atoms with Crippen LogP contribution in [0.3, 0.4) is 0 Å². The Hall–Kier alpha value is -1.20. The maximum absolute atomic E-state index is 4.51. The molecule has 0 unspecified atom stereocenters. The maximum Gasteiger partial charge on any atom is 0.0926 e. The van der Waals surface area contributed by atoms with Gasteiger partial charge < -0.3 is 5.32 Å². The Labute approximate surface area is 106 Å². The number of hydrogen-bond donors (Lipinski definition) is 1. The van der Waals surface area contributed by atoms with Crippen LogP contribution >= 0.6 is 11.3 Å². The van der Waals surface area contributed by atoms with E-state index >= 15 is 0 Å². The normalized spacial score (nSPS) is 10.9. The van der Waals surface area contributed by atoms with Crippen molar-refractivity contribution in [2.75, 3.05) is 6.54 Å². The lowest BCUT2D eigenvalue weighted by atomic mass is 10.4. The summed E-state index contributed by atoms with van der Waals surface area (Å²) in [5.41, 5.74) is 1.16. The van der Waals surface area contributed by atoms with E-state index in [1.165, 1.54) is 5.01 Å². The van der Waals surface area contributed by atoms with Crippen molar-refractivity contribution in [3.63, 3.8) is 0 Å². The van der Waals surface area contributed by atoms with Crippen molar-refractivity contribution < 1.29 is 0 Å². The molecular formula is C12H18N4S. The van der Waals surface area contributed by atoms with Gasteiger partial charge in [-0.1, -0.05) is 6.92 Å². The lowest BCUT2D eigenvalue weighted by Gasteiger charge is -2.03. The van der Waals surface area contributed by atoms with Gasteiger partial charge in [0, 0.05) is 30.9 Å². The molecule has 1 N–H and O–H groups in total. The molecule has 2 aromatic rings. The highest BCUT2D eigenvalue weighted by Crippen LogP contribution is 2.09. The number of aromatic nitrogens is 3. The van der Waals surface area contributed by atoms with E-state index in [1.807, 2.05) is 23.1 Å². The Bertz CT molecular complexity index is 421. The van der Waals surface area contributed by atoms with E-state index in [0.29, 0.717) is 0 Å². The van der Waals surface area contributed by atoms with Gasteiger partial charge in [0.1, 0.15) is 0 Å². The number of rotatable bonds is 7. The van der Waals surface area contributed by atoms with Gasteiger partial charge in [-0.3, -0.25) is 4.68 Å². The monoisotopic (exact) mass is 250 g/mol. The van der Waals surface area contributed by atoms with Crippen molar-refractivity contribution in [2.24, 2.45) is 0 Å². The van der Waals surface area contributed by atoms with Crippen LogP contribution in [0.4, 0.5) is 0 Å². The van der Waals surface area contributed by atoms with E-state index in [-0.39, 0.29) is 0 Å². The third-order valence-corrected chi connectivity index (χ3v) is 3.55. The highest BCUT2D eigenvalue weighted by Gasteiger charge is 1.99. The molecule has 0 fully saturated rings. The average molecular weight is 250 g/mol. The summed E-state index contributed by atoms with van der Waals surface area (Å²) in [4.78, 5) is 4.51. The molecule has 92 valence electrons. The highest BCUT2D eigenvalue weighted by molar-refractivity contribution is 7.09. The van der Waals surface area contributed by atoms with Crippen LogP contribution in [-0.2, 0) is 19.5 Å². The zero-order valence-corrected chi connectivity index (χ0v) is 10.9. The van der Waals surface area contributed by atoms with Crippen molar-refractivity contribution in [1.29, 1.82) is 0 Å². The number of nitrogens with zero attached hydrogens (tertiary/aromatic N) is 3. The second-order valence-electron chi connectivity index (χ2n) is 3.89. The summed E-state index contributed by atoms with van der Waals surface area (Å²) in [6.07, 6.45) is 5.93. The fourth-order valence-corrected chi connectivity index (χ4v) is 2.35. The molecule has 0 amide bonds. The van der Waals surface area contributed by atoms with Gasteiger partial charge in [-0.25, -0.2) is 4.98 Å². The second kappa shape index (κ2) is 6.51. The highest BCUT2D eigenvalue weighted by atomic mass is 32.1.